The lowest BCUT2D eigenvalue weighted by Gasteiger charge is -2.64. The Morgan fingerprint density at radius 1 is 1.36 bits per heavy atom. The molecule has 3 heterocycles. The molecule has 5 atom stereocenters. The highest BCUT2D eigenvalue weighted by Gasteiger charge is 2.73. The van der Waals surface area contributed by atoms with Gasteiger partial charge < -0.3 is 24.4 Å². The van der Waals surface area contributed by atoms with Gasteiger partial charge in [-0.3, -0.25) is 9.59 Å². The normalized spacial score (nSPS) is 32.2. The number of halogens is 1. The van der Waals surface area contributed by atoms with E-state index in [0.717, 1.165) is 27.0 Å². The van der Waals surface area contributed by atoms with Crippen molar-refractivity contribution in [1.29, 1.82) is 0 Å². The Labute approximate surface area is 222 Å². The number of nitrogens with zero attached hydrogens (tertiary/aromatic N) is 2. The number of likely N-dealkylation sites (tertiary alicyclic amines) is 1. The Morgan fingerprint density at radius 2 is 2.17 bits per heavy atom. The number of carbonyl (C=O) groups excluding carboxylic acids is 2. The highest BCUT2D eigenvalue weighted by Crippen LogP contribution is 2.65. The molecule has 2 bridgehead atoms. The van der Waals surface area contributed by atoms with Crippen molar-refractivity contribution < 1.29 is 24.2 Å². The predicted molar refractivity (Wildman–Crippen MR) is 140 cm³/mol. The predicted octanol–water partition coefficient (Wildman–Crippen LogP) is 3.76. The summed E-state index contributed by atoms with van der Waals surface area (Å²) in [6.07, 6.45) is 5.62. The van der Waals surface area contributed by atoms with Crippen LogP contribution in [0.3, 0.4) is 0 Å². The van der Waals surface area contributed by atoms with Crippen LogP contribution in [-0.2, 0) is 21.4 Å². The van der Waals surface area contributed by atoms with E-state index in [-0.39, 0.29) is 18.0 Å². The second-order valence-corrected chi connectivity index (χ2v) is 12.3. The van der Waals surface area contributed by atoms with Crippen LogP contribution in [0.15, 0.2) is 34.1 Å². The number of esters is 1. The topological polar surface area (TPSA) is 79.3 Å². The number of amides is 1. The summed E-state index contributed by atoms with van der Waals surface area (Å²) in [6, 6.07) is 5.52. The van der Waals surface area contributed by atoms with Gasteiger partial charge in [0.1, 0.15) is 6.10 Å². The van der Waals surface area contributed by atoms with E-state index >= 15 is 0 Å². The third-order valence-electron chi connectivity index (χ3n) is 8.76. The van der Waals surface area contributed by atoms with Gasteiger partial charge in [-0.15, -0.1) is 11.3 Å². The molecule has 6 rings (SSSR count). The molecule has 1 aromatic carbocycles. The maximum absolute atomic E-state index is 13.3. The SMILES string of the molecule is CC(=O)Oc1ccc2c3c1O[C@H]1[C@H](N(C)C(=O)/C=C/c4cc(Br)cs4)CC[C@@]4(O)[C@@H](C2)N(C)CC[C@]314. The number of thiophene rings is 1. The first kappa shape index (κ1) is 24.2. The van der Waals surface area contributed by atoms with Crippen LogP contribution in [0.25, 0.3) is 6.08 Å². The molecule has 9 heteroatoms. The van der Waals surface area contributed by atoms with Crippen LogP contribution in [0.1, 0.15) is 42.2 Å². The van der Waals surface area contributed by atoms with Crippen LogP contribution in [0.5, 0.6) is 11.5 Å². The molecule has 1 N–H and O–H groups in total. The van der Waals surface area contributed by atoms with E-state index in [9.17, 15) is 14.7 Å². The molecule has 1 saturated heterocycles. The maximum atomic E-state index is 13.3. The average Bonchev–Trinajstić information content (AvgIpc) is 3.41. The summed E-state index contributed by atoms with van der Waals surface area (Å²) < 4.78 is 13.2. The van der Waals surface area contributed by atoms with Crippen molar-refractivity contribution in [3.8, 4) is 11.5 Å². The summed E-state index contributed by atoms with van der Waals surface area (Å²) in [5.74, 6) is 0.428. The summed E-state index contributed by atoms with van der Waals surface area (Å²) in [5.41, 5.74) is 0.449. The molecule has 2 aliphatic heterocycles. The number of carbonyl (C=O) groups is 2. The van der Waals surface area contributed by atoms with E-state index in [0.29, 0.717) is 37.2 Å². The van der Waals surface area contributed by atoms with Gasteiger partial charge in [0, 0.05) is 46.4 Å². The first-order chi connectivity index (χ1) is 17.2. The van der Waals surface area contributed by atoms with Crippen LogP contribution in [0.4, 0.5) is 0 Å². The van der Waals surface area contributed by atoms with Gasteiger partial charge in [0.25, 0.3) is 0 Å². The average molecular weight is 574 g/mol. The second-order valence-electron chi connectivity index (χ2n) is 10.5. The Balaban J connectivity index is 1.41. The lowest BCUT2D eigenvalue weighted by molar-refractivity contribution is -0.195. The number of ether oxygens (including phenoxy) is 2. The van der Waals surface area contributed by atoms with Crippen molar-refractivity contribution >= 4 is 45.2 Å². The fraction of sp³-hybridized carbons (Fsp3) is 0.481. The molecule has 1 amide bonds. The zero-order valence-electron chi connectivity index (χ0n) is 20.5. The first-order valence-electron chi connectivity index (χ1n) is 12.3. The van der Waals surface area contributed by atoms with Gasteiger partial charge >= 0.3 is 5.97 Å². The highest BCUT2D eigenvalue weighted by atomic mass is 79.9. The largest absolute Gasteiger partial charge is 0.483 e. The van der Waals surface area contributed by atoms with Crippen LogP contribution in [0, 0.1) is 0 Å². The third-order valence-corrected chi connectivity index (χ3v) is 10.4. The van der Waals surface area contributed by atoms with E-state index in [1.54, 1.807) is 28.4 Å². The van der Waals surface area contributed by atoms with Crippen molar-refractivity contribution in [1.82, 2.24) is 9.80 Å². The van der Waals surface area contributed by atoms with Crippen molar-refractivity contribution in [3.63, 3.8) is 0 Å². The molecular formula is C27H29BrN2O5S. The number of aliphatic hydroxyl groups is 1. The molecule has 0 radical (unpaired) electrons. The Bertz CT molecular complexity index is 1290. The smallest absolute Gasteiger partial charge is 0.308 e. The molecule has 1 aromatic heterocycles. The molecular weight excluding hydrogens is 544 g/mol. The third kappa shape index (κ3) is 3.29. The Morgan fingerprint density at radius 3 is 2.89 bits per heavy atom. The zero-order valence-corrected chi connectivity index (χ0v) is 22.9. The van der Waals surface area contributed by atoms with E-state index in [1.165, 1.54) is 6.92 Å². The number of rotatable bonds is 4. The quantitative estimate of drug-likeness (QED) is 0.341. The standard InChI is InChI=1S/C27H29BrN2O5S/c1-15(31)34-20-6-4-16-12-21-27(33)9-8-19(30(3)22(32)7-5-18-13-17(28)14-36-18)25-26(27,10-11-29(21)2)23(16)24(20)35-25/h4-7,13-14,19,21,25,33H,8-12H2,1-3H3/b7-5+/t19-,21-,25+,26+,27-/m1/s1. The van der Waals surface area contributed by atoms with Crippen LogP contribution < -0.4 is 9.47 Å². The molecule has 1 spiro atoms. The van der Waals surface area contributed by atoms with Gasteiger partial charge in [-0.1, -0.05) is 6.07 Å². The lowest BCUT2D eigenvalue weighted by atomic mass is 9.48. The lowest BCUT2D eigenvalue weighted by Crippen LogP contribution is -2.77. The fourth-order valence-electron chi connectivity index (χ4n) is 7.20. The van der Waals surface area contributed by atoms with Crippen molar-refractivity contribution in [2.75, 3.05) is 20.6 Å². The highest BCUT2D eigenvalue weighted by molar-refractivity contribution is 9.10. The molecule has 2 aliphatic carbocycles. The van der Waals surface area contributed by atoms with Gasteiger partial charge in [-0.2, -0.15) is 0 Å². The van der Waals surface area contributed by atoms with Gasteiger partial charge in [-0.05, 0) is 79.0 Å². The van der Waals surface area contributed by atoms with Gasteiger partial charge in [0.05, 0.1) is 17.1 Å². The van der Waals surface area contributed by atoms with Gasteiger partial charge in [0.2, 0.25) is 5.91 Å². The second kappa shape index (κ2) is 8.41. The van der Waals surface area contributed by atoms with E-state index in [1.807, 2.05) is 30.6 Å². The number of hydrogen-bond acceptors (Lipinski definition) is 7. The summed E-state index contributed by atoms with van der Waals surface area (Å²) in [6.45, 7) is 2.20. The summed E-state index contributed by atoms with van der Waals surface area (Å²) in [5, 5.41) is 14.4. The Hall–Kier alpha value is -2.20. The maximum Gasteiger partial charge on any atom is 0.308 e. The van der Waals surface area contributed by atoms with Crippen LogP contribution in [0.2, 0.25) is 0 Å². The van der Waals surface area contributed by atoms with Crippen LogP contribution >= 0.6 is 27.3 Å². The van der Waals surface area contributed by atoms with E-state index in [2.05, 4.69) is 27.9 Å². The molecule has 1 saturated carbocycles. The molecule has 7 nitrogen and oxygen atoms in total. The zero-order chi connectivity index (χ0) is 25.4. The van der Waals surface area contributed by atoms with Crippen molar-refractivity contribution in [2.45, 2.75) is 61.8 Å². The van der Waals surface area contributed by atoms with Crippen molar-refractivity contribution in [2.24, 2.45) is 0 Å². The van der Waals surface area contributed by atoms with Crippen LogP contribution in [-0.4, -0.2) is 71.2 Å². The minimum absolute atomic E-state index is 0.0329. The summed E-state index contributed by atoms with van der Waals surface area (Å²) in [4.78, 5) is 30.2. The fourth-order valence-corrected chi connectivity index (χ4v) is 8.54. The molecule has 2 aromatic rings. The van der Waals surface area contributed by atoms with Gasteiger partial charge in [-0.25, -0.2) is 0 Å². The number of piperidine rings is 1. The minimum atomic E-state index is -0.989. The molecule has 0 unspecified atom stereocenters. The molecule has 4 aliphatic rings. The van der Waals surface area contributed by atoms with Gasteiger partial charge in [0.15, 0.2) is 11.5 Å². The summed E-state index contributed by atoms with van der Waals surface area (Å²) in [7, 11) is 3.90. The van der Waals surface area contributed by atoms with E-state index in [4.69, 9.17) is 9.47 Å². The number of benzene rings is 1. The number of likely N-dealkylation sites (N-methyl/N-ethyl adjacent to an activating group) is 2. The summed E-state index contributed by atoms with van der Waals surface area (Å²) >= 11 is 5.02. The van der Waals surface area contributed by atoms with Crippen molar-refractivity contribution in [3.05, 3.63) is 50.1 Å². The Kier molecular flexibility index (Phi) is 5.64. The molecule has 36 heavy (non-hydrogen) atoms. The monoisotopic (exact) mass is 572 g/mol. The minimum Gasteiger partial charge on any atom is -0.483 e. The molecule has 190 valence electrons. The first-order valence-corrected chi connectivity index (χ1v) is 14.0. The molecule has 2 fully saturated rings. The van der Waals surface area contributed by atoms with E-state index < -0.39 is 23.1 Å². The number of hydrogen-bond donors (Lipinski definition) is 1.